The maximum atomic E-state index is 12.5. The van der Waals surface area contributed by atoms with Crippen LogP contribution in [-0.2, 0) is 4.79 Å². The Bertz CT molecular complexity index is 720. The number of hydrogen-bond donors (Lipinski definition) is 1. The number of aryl methyl sites for hydroxylation is 2. The Morgan fingerprint density at radius 2 is 2.16 bits per heavy atom. The quantitative estimate of drug-likeness (QED) is 0.827. The van der Waals surface area contributed by atoms with Crippen LogP contribution in [0.4, 0.5) is 5.69 Å². The summed E-state index contributed by atoms with van der Waals surface area (Å²) in [6.07, 6.45) is 3.91. The van der Waals surface area contributed by atoms with E-state index < -0.39 is 0 Å². The molecule has 4 nitrogen and oxygen atoms in total. The van der Waals surface area contributed by atoms with Gasteiger partial charge < -0.3 is 10.2 Å². The molecule has 1 saturated heterocycles. The van der Waals surface area contributed by atoms with Crippen LogP contribution >= 0.6 is 11.8 Å². The number of pyridine rings is 1. The molecule has 0 aliphatic carbocycles. The minimum absolute atomic E-state index is 0.197. The first-order chi connectivity index (χ1) is 12.1. The first kappa shape index (κ1) is 17.8. The first-order valence-corrected chi connectivity index (χ1v) is 9.76. The van der Waals surface area contributed by atoms with Crippen molar-refractivity contribution in [1.29, 1.82) is 0 Å². The van der Waals surface area contributed by atoms with E-state index in [-0.39, 0.29) is 5.91 Å². The molecule has 1 aromatic carbocycles. The Morgan fingerprint density at radius 1 is 1.28 bits per heavy atom. The van der Waals surface area contributed by atoms with Crippen LogP contribution in [0.3, 0.4) is 0 Å². The van der Waals surface area contributed by atoms with Crippen LogP contribution in [0.1, 0.15) is 24.0 Å². The van der Waals surface area contributed by atoms with Crippen LogP contribution in [0.25, 0.3) is 0 Å². The number of nitrogens with one attached hydrogen (secondary N) is 1. The highest BCUT2D eigenvalue weighted by Gasteiger charge is 2.23. The van der Waals surface area contributed by atoms with Gasteiger partial charge in [0, 0.05) is 31.0 Å². The second kappa shape index (κ2) is 8.39. The zero-order valence-electron chi connectivity index (χ0n) is 14.9. The molecule has 1 N–H and O–H groups in total. The molecule has 1 aromatic heterocycles. The number of rotatable bonds is 5. The van der Waals surface area contributed by atoms with Gasteiger partial charge in [0.1, 0.15) is 0 Å². The highest BCUT2D eigenvalue weighted by Crippen LogP contribution is 2.20. The lowest BCUT2D eigenvalue weighted by Gasteiger charge is -2.33. The Balaban J connectivity index is 1.53. The smallest absolute Gasteiger partial charge is 0.233 e. The largest absolute Gasteiger partial charge is 0.381 e. The molecule has 2 heterocycles. The fourth-order valence-corrected chi connectivity index (χ4v) is 3.81. The molecular weight excluding hydrogens is 330 g/mol. The number of piperidine rings is 1. The van der Waals surface area contributed by atoms with E-state index in [0.29, 0.717) is 11.8 Å². The van der Waals surface area contributed by atoms with Crippen molar-refractivity contribution in [3.8, 4) is 0 Å². The van der Waals surface area contributed by atoms with Crippen molar-refractivity contribution in [3.63, 3.8) is 0 Å². The first-order valence-electron chi connectivity index (χ1n) is 8.77. The van der Waals surface area contributed by atoms with E-state index in [0.717, 1.165) is 36.6 Å². The minimum atomic E-state index is 0.197. The number of aromatic nitrogens is 1. The summed E-state index contributed by atoms with van der Waals surface area (Å²) in [7, 11) is 0. The third-order valence-electron chi connectivity index (χ3n) is 4.63. The molecular formula is C20H25N3OS. The van der Waals surface area contributed by atoms with Crippen LogP contribution in [0.5, 0.6) is 0 Å². The Morgan fingerprint density at radius 3 is 2.92 bits per heavy atom. The summed E-state index contributed by atoms with van der Waals surface area (Å²) in [6, 6.07) is 12.6. The van der Waals surface area contributed by atoms with Gasteiger partial charge in [-0.25, -0.2) is 4.98 Å². The second-order valence-corrected chi connectivity index (χ2v) is 7.57. The number of carbonyl (C=O) groups is 1. The SMILES string of the molecule is Cc1ccc(N[C@H]2CCCN(C(=O)CSc3ccccn3)C2)cc1C. The van der Waals surface area contributed by atoms with Crippen LogP contribution in [-0.4, -0.2) is 40.7 Å². The van der Waals surface area contributed by atoms with Crippen molar-refractivity contribution in [1.82, 2.24) is 9.88 Å². The number of hydrogen-bond acceptors (Lipinski definition) is 4. The lowest BCUT2D eigenvalue weighted by molar-refractivity contribution is -0.129. The van der Waals surface area contributed by atoms with Gasteiger partial charge in [-0.2, -0.15) is 0 Å². The lowest BCUT2D eigenvalue weighted by atomic mass is 10.0. The molecule has 1 aliphatic rings. The Hall–Kier alpha value is -2.01. The highest BCUT2D eigenvalue weighted by atomic mass is 32.2. The van der Waals surface area contributed by atoms with Gasteiger partial charge in [0.25, 0.3) is 0 Å². The minimum Gasteiger partial charge on any atom is -0.381 e. The second-order valence-electron chi connectivity index (χ2n) is 6.58. The average Bonchev–Trinajstić information content (AvgIpc) is 2.64. The molecule has 0 saturated carbocycles. The third kappa shape index (κ3) is 4.98. The maximum absolute atomic E-state index is 12.5. The standard InChI is InChI=1S/C20H25N3OS/c1-15-8-9-17(12-16(15)2)22-18-6-5-11-23(13-18)20(24)14-25-19-7-3-4-10-21-19/h3-4,7-10,12,18,22H,5-6,11,13-14H2,1-2H3/t18-/m0/s1. The number of thioether (sulfide) groups is 1. The van der Waals surface area contributed by atoms with Crippen LogP contribution < -0.4 is 5.32 Å². The number of nitrogens with zero attached hydrogens (tertiary/aromatic N) is 2. The molecule has 0 spiro atoms. The number of likely N-dealkylation sites (tertiary alicyclic amines) is 1. The molecule has 2 aromatic rings. The van der Waals surface area contributed by atoms with E-state index in [1.54, 1.807) is 6.20 Å². The van der Waals surface area contributed by atoms with Crippen LogP contribution in [0.2, 0.25) is 0 Å². The molecule has 1 amide bonds. The molecule has 0 bridgehead atoms. The van der Waals surface area contributed by atoms with E-state index in [2.05, 4.69) is 42.3 Å². The fraction of sp³-hybridized carbons (Fsp3) is 0.400. The van der Waals surface area contributed by atoms with E-state index >= 15 is 0 Å². The normalized spacial score (nSPS) is 17.4. The summed E-state index contributed by atoms with van der Waals surface area (Å²) in [5, 5.41) is 4.50. The fourth-order valence-electron chi connectivity index (χ4n) is 3.05. The summed E-state index contributed by atoms with van der Waals surface area (Å²) in [6.45, 7) is 5.88. The zero-order valence-corrected chi connectivity index (χ0v) is 15.7. The summed E-state index contributed by atoms with van der Waals surface area (Å²) in [4.78, 5) is 18.8. The predicted molar refractivity (Wildman–Crippen MR) is 104 cm³/mol. The molecule has 5 heteroatoms. The molecule has 3 rings (SSSR count). The number of anilines is 1. The lowest BCUT2D eigenvalue weighted by Crippen LogP contribution is -2.45. The molecule has 1 atom stereocenters. The van der Waals surface area contributed by atoms with E-state index in [9.17, 15) is 4.79 Å². The third-order valence-corrected chi connectivity index (χ3v) is 5.56. The van der Waals surface area contributed by atoms with Gasteiger partial charge >= 0.3 is 0 Å². The van der Waals surface area contributed by atoms with Gasteiger partial charge in [0.15, 0.2) is 0 Å². The van der Waals surface area contributed by atoms with Crippen molar-refractivity contribution in [2.45, 2.75) is 37.8 Å². The zero-order chi connectivity index (χ0) is 17.6. The Kier molecular flexibility index (Phi) is 5.97. The maximum Gasteiger partial charge on any atom is 0.233 e. The summed E-state index contributed by atoms with van der Waals surface area (Å²) < 4.78 is 0. The number of benzene rings is 1. The van der Waals surface area contributed by atoms with Gasteiger partial charge in [0.05, 0.1) is 10.8 Å². The van der Waals surface area contributed by atoms with Gasteiger partial charge in [-0.1, -0.05) is 23.9 Å². The number of carbonyl (C=O) groups excluding carboxylic acids is 1. The predicted octanol–water partition coefficient (Wildman–Crippen LogP) is 3.89. The summed E-state index contributed by atoms with van der Waals surface area (Å²) >= 11 is 1.51. The van der Waals surface area contributed by atoms with Gasteiger partial charge in [-0.05, 0) is 62.1 Å². The van der Waals surface area contributed by atoms with Crippen molar-refractivity contribution >= 4 is 23.4 Å². The van der Waals surface area contributed by atoms with Crippen molar-refractivity contribution in [2.75, 3.05) is 24.2 Å². The highest BCUT2D eigenvalue weighted by molar-refractivity contribution is 7.99. The van der Waals surface area contributed by atoms with E-state index in [1.165, 1.54) is 22.9 Å². The molecule has 1 fully saturated rings. The summed E-state index contributed by atoms with van der Waals surface area (Å²) in [5.41, 5.74) is 3.74. The molecule has 1 aliphatic heterocycles. The summed E-state index contributed by atoms with van der Waals surface area (Å²) in [5.74, 6) is 0.648. The van der Waals surface area contributed by atoms with Crippen molar-refractivity contribution < 1.29 is 4.79 Å². The van der Waals surface area contributed by atoms with Crippen molar-refractivity contribution in [2.24, 2.45) is 0 Å². The molecule has 132 valence electrons. The van der Waals surface area contributed by atoms with Crippen LogP contribution in [0, 0.1) is 13.8 Å². The monoisotopic (exact) mass is 355 g/mol. The topological polar surface area (TPSA) is 45.2 Å². The van der Waals surface area contributed by atoms with Gasteiger partial charge in [-0.15, -0.1) is 0 Å². The van der Waals surface area contributed by atoms with Crippen LogP contribution in [0.15, 0.2) is 47.6 Å². The number of amides is 1. The van der Waals surface area contributed by atoms with E-state index in [4.69, 9.17) is 0 Å². The Labute approximate surface area is 154 Å². The molecule has 25 heavy (non-hydrogen) atoms. The molecule has 0 radical (unpaired) electrons. The van der Waals surface area contributed by atoms with Crippen molar-refractivity contribution in [3.05, 3.63) is 53.7 Å². The average molecular weight is 356 g/mol. The molecule has 0 unspecified atom stereocenters. The van der Waals surface area contributed by atoms with E-state index in [1.807, 2.05) is 23.1 Å². The van der Waals surface area contributed by atoms with Gasteiger partial charge in [0.2, 0.25) is 5.91 Å². The van der Waals surface area contributed by atoms with Gasteiger partial charge in [-0.3, -0.25) is 4.79 Å².